The molecule has 9 nitrogen and oxygen atoms in total. The Bertz CT molecular complexity index is 1450. The Kier molecular flexibility index (Phi) is 9.42. The number of likely N-dealkylation sites (tertiary alicyclic amines) is 1. The van der Waals surface area contributed by atoms with Gasteiger partial charge in [-0.25, -0.2) is 17.9 Å². The van der Waals surface area contributed by atoms with Gasteiger partial charge in [-0.05, 0) is 74.1 Å². The first-order chi connectivity index (χ1) is 19.2. The Morgan fingerprint density at radius 1 is 0.925 bits per heavy atom. The maximum Gasteiger partial charge on any atom is 0.415 e. The van der Waals surface area contributed by atoms with Crippen molar-refractivity contribution >= 4 is 38.7 Å². The lowest BCUT2D eigenvalue weighted by atomic mass is 9.86. The molecule has 40 heavy (non-hydrogen) atoms. The predicted molar refractivity (Wildman–Crippen MR) is 152 cm³/mol. The van der Waals surface area contributed by atoms with E-state index in [0.29, 0.717) is 44.8 Å². The summed E-state index contributed by atoms with van der Waals surface area (Å²) >= 11 is 0. The second kappa shape index (κ2) is 13.0. The molecule has 10 heteroatoms. The molecule has 3 aromatic rings. The average molecular weight is 566 g/mol. The van der Waals surface area contributed by atoms with E-state index in [1.165, 1.54) is 12.1 Å². The quantitative estimate of drug-likeness (QED) is 0.384. The number of piperidine rings is 1. The fourth-order valence-electron chi connectivity index (χ4n) is 5.01. The largest absolute Gasteiger partial charge is 0.415 e. The molecule has 1 atom stereocenters. The number of amides is 3. The van der Waals surface area contributed by atoms with Gasteiger partial charge in [-0.1, -0.05) is 48.5 Å². The Morgan fingerprint density at radius 3 is 2.20 bits per heavy atom. The second-order valence-electron chi connectivity index (χ2n) is 9.89. The Morgan fingerprint density at radius 2 is 1.55 bits per heavy atom. The number of ether oxygens (including phenoxy) is 1. The highest BCUT2D eigenvalue weighted by Gasteiger charge is 2.36. The number of hydrogen-bond acceptors (Lipinski definition) is 6. The monoisotopic (exact) mass is 565 g/mol. The zero-order valence-electron chi connectivity index (χ0n) is 22.8. The molecule has 1 unspecified atom stereocenters. The topological polar surface area (TPSA) is 113 Å². The van der Waals surface area contributed by atoms with E-state index in [-0.39, 0.29) is 17.2 Å². The van der Waals surface area contributed by atoms with Crippen LogP contribution in [0.25, 0.3) is 10.8 Å². The van der Waals surface area contributed by atoms with Gasteiger partial charge in [0, 0.05) is 26.2 Å². The minimum Gasteiger partial charge on any atom is -0.410 e. The number of carbonyl (C=O) groups excluding carboxylic acids is 3. The number of nitrogens with zero attached hydrogens (tertiary/aromatic N) is 2. The third-order valence-electron chi connectivity index (χ3n) is 7.35. The summed E-state index contributed by atoms with van der Waals surface area (Å²) in [5.74, 6) is -1.98. The summed E-state index contributed by atoms with van der Waals surface area (Å²) in [4.78, 5) is 42.4. The van der Waals surface area contributed by atoms with Gasteiger partial charge in [0.2, 0.25) is 11.8 Å². The molecule has 1 aliphatic heterocycles. The Labute approximate surface area is 235 Å². The van der Waals surface area contributed by atoms with Crippen LogP contribution >= 0.6 is 0 Å². The summed E-state index contributed by atoms with van der Waals surface area (Å²) in [5.41, 5.74) is 0. The molecule has 1 heterocycles. The van der Waals surface area contributed by atoms with Crippen LogP contribution in [-0.4, -0.2) is 62.3 Å². The fraction of sp³-hybridized carbons (Fsp3) is 0.367. The van der Waals surface area contributed by atoms with Crippen LogP contribution in [0, 0.1) is 11.8 Å². The highest BCUT2D eigenvalue weighted by atomic mass is 32.2. The van der Waals surface area contributed by atoms with E-state index in [9.17, 15) is 22.8 Å². The van der Waals surface area contributed by atoms with Crippen LogP contribution in [-0.2, 0) is 19.6 Å². The van der Waals surface area contributed by atoms with Gasteiger partial charge in [-0.3, -0.25) is 9.59 Å². The third-order valence-corrected chi connectivity index (χ3v) is 8.69. The van der Waals surface area contributed by atoms with Crippen LogP contribution in [0.15, 0.2) is 77.7 Å². The van der Waals surface area contributed by atoms with Crippen LogP contribution in [0.5, 0.6) is 5.75 Å². The van der Waals surface area contributed by atoms with Gasteiger partial charge in [0.15, 0.2) is 0 Å². The molecule has 1 N–H and O–H groups in total. The Balaban J connectivity index is 1.44. The van der Waals surface area contributed by atoms with Gasteiger partial charge >= 0.3 is 6.09 Å². The standard InChI is InChI=1S/C30H35N3O6S/c1-3-32(4-2)29(35)27(20-22-16-18-33(19-17-22)30(36)39-25-12-6-5-7-13-25)28(34)31-40(37,38)26-15-14-23-10-8-9-11-24(23)21-26/h5-15,21-22,27H,3-4,16-20H2,1-2H3,(H,31,34). The summed E-state index contributed by atoms with van der Waals surface area (Å²) in [6.07, 6.45) is 0.878. The second-order valence-corrected chi connectivity index (χ2v) is 11.6. The summed E-state index contributed by atoms with van der Waals surface area (Å²) in [6.45, 7) is 5.28. The third kappa shape index (κ3) is 6.98. The van der Waals surface area contributed by atoms with Crippen LogP contribution in [0.4, 0.5) is 4.79 Å². The van der Waals surface area contributed by atoms with Crippen molar-refractivity contribution in [3.8, 4) is 5.75 Å². The maximum atomic E-state index is 13.4. The number of sulfonamides is 1. The van der Waals surface area contributed by atoms with Crippen molar-refractivity contribution in [3.05, 3.63) is 72.8 Å². The lowest BCUT2D eigenvalue weighted by Gasteiger charge is -2.33. The molecule has 4 rings (SSSR count). The normalized spacial score (nSPS) is 14.9. The van der Waals surface area contributed by atoms with Gasteiger partial charge in [-0.2, -0.15) is 0 Å². The lowest BCUT2D eigenvalue weighted by molar-refractivity contribution is -0.142. The fourth-order valence-corrected chi connectivity index (χ4v) is 6.07. The Hall–Kier alpha value is -3.92. The summed E-state index contributed by atoms with van der Waals surface area (Å²) < 4.78 is 33.9. The highest BCUT2D eigenvalue weighted by Crippen LogP contribution is 2.27. The summed E-state index contributed by atoms with van der Waals surface area (Å²) in [7, 11) is -4.20. The minimum atomic E-state index is -4.20. The predicted octanol–water partition coefficient (Wildman–Crippen LogP) is 4.43. The molecule has 0 saturated carbocycles. The molecule has 1 fully saturated rings. The molecule has 0 aliphatic carbocycles. The van der Waals surface area contributed by atoms with E-state index >= 15 is 0 Å². The number of rotatable bonds is 9. The van der Waals surface area contributed by atoms with Crippen LogP contribution in [0.1, 0.15) is 33.1 Å². The van der Waals surface area contributed by atoms with E-state index < -0.39 is 33.8 Å². The zero-order valence-corrected chi connectivity index (χ0v) is 23.6. The SMILES string of the molecule is CCN(CC)C(=O)C(CC1CCN(C(=O)Oc2ccccc2)CC1)C(=O)NS(=O)(=O)c1ccc2ccccc2c1. The first-order valence-corrected chi connectivity index (χ1v) is 15.1. The molecule has 3 aromatic carbocycles. The number of carbonyl (C=O) groups is 3. The molecule has 212 valence electrons. The number of nitrogens with one attached hydrogen (secondary N) is 1. The van der Waals surface area contributed by atoms with Crippen LogP contribution < -0.4 is 9.46 Å². The first kappa shape index (κ1) is 29.1. The zero-order chi connectivity index (χ0) is 28.7. The van der Waals surface area contributed by atoms with E-state index in [1.54, 1.807) is 46.2 Å². The van der Waals surface area contributed by atoms with Crippen molar-refractivity contribution in [2.75, 3.05) is 26.2 Å². The van der Waals surface area contributed by atoms with Crippen molar-refractivity contribution in [1.82, 2.24) is 14.5 Å². The van der Waals surface area contributed by atoms with Crippen LogP contribution in [0.2, 0.25) is 0 Å². The number of fused-ring (bicyclic) bond motifs is 1. The maximum absolute atomic E-state index is 13.4. The minimum absolute atomic E-state index is 0.0422. The molecule has 0 radical (unpaired) electrons. The van der Waals surface area contributed by atoms with Crippen molar-refractivity contribution in [3.63, 3.8) is 0 Å². The van der Waals surface area contributed by atoms with Crippen LogP contribution in [0.3, 0.4) is 0 Å². The molecule has 3 amide bonds. The number of hydrogen-bond donors (Lipinski definition) is 1. The van der Waals surface area contributed by atoms with Gasteiger partial charge in [0.25, 0.3) is 10.0 Å². The number of benzene rings is 3. The molecule has 0 aromatic heterocycles. The van der Waals surface area contributed by atoms with Gasteiger partial charge in [0.05, 0.1) is 4.90 Å². The van der Waals surface area contributed by atoms with Gasteiger partial charge in [-0.15, -0.1) is 0 Å². The molecule has 0 spiro atoms. The van der Waals surface area contributed by atoms with Crippen molar-refractivity contribution in [1.29, 1.82) is 0 Å². The van der Waals surface area contributed by atoms with E-state index in [1.807, 2.05) is 38.1 Å². The molecular weight excluding hydrogens is 530 g/mol. The van der Waals surface area contributed by atoms with Crippen molar-refractivity contribution in [2.45, 2.75) is 38.0 Å². The van der Waals surface area contributed by atoms with Crippen molar-refractivity contribution < 1.29 is 27.5 Å². The average Bonchev–Trinajstić information content (AvgIpc) is 2.96. The number of para-hydroxylation sites is 1. The molecular formula is C30H35N3O6S. The van der Waals surface area contributed by atoms with E-state index in [0.717, 1.165) is 10.8 Å². The smallest absolute Gasteiger partial charge is 0.410 e. The van der Waals surface area contributed by atoms with Gasteiger partial charge in [0.1, 0.15) is 11.7 Å². The van der Waals surface area contributed by atoms with E-state index in [4.69, 9.17) is 4.74 Å². The highest BCUT2D eigenvalue weighted by molar-refractivity contribution is 7.90. The molecule has 0 bridgehead atoms. The van der Waals surface area contributed by atoms with Crippen molar-refractivity contribution in [2.24, 2.45) is 11.8 Å². The molecule has 1 saturated heterocycles. The van der Waals surface area contributed by atoms with E-state index in [2.05, 4.69) is 4.72 Å². The summed E-state index contributed by atoms with van der Waals surface area (Å²) in [5, 5.41) is 1.60. The lowest BCUT2D eigenvalue weighted by Crippen LogP contribution is -2.47. The first-order valence-electron chi connectivity index (χ1n) is 13.6. The molecule has 1 aliphatic rings. The summed E-state index contributed by atoms with van der Waals surface area (Å²) in [6, 6.07) is 20.8. The van der Waals surface area contributed by atoms with Gasteiger partial charge < -0.3 is 14.5 Å².